The minimum absolute atomic E-state index is 0.00585. The number of rotatable bonds is 3. The molecule has 5 nitrogen and oxygen atoms in total. The Kier molecular flexibility index (Phi) is 3.74. The maximum atomic E-state index is 12.2. The van der Waals surface area contributed by atoms with Gasteiger partial charge in [-0.05, 0) is 47.4 Å². The molecular formula is C18H15N3O2S. The number of nitrogens with zero attached hydrogens (tertiary/aromatic N) is 2. The molecule has 1 amide bonds. The quantitative estimate of drug-likeness (QED) is 0.792. The number of fused-ring (bicyclic) bond motifs is 1. The zero-order chi connectivity index (χ0) is 16.5. The van der Waals surface area contributed by atoms with E-state index in [4.69, 9.17) is 4.74 Å². The third kappa shape index (κ3) is 2.55. The van der Waals surface area contributed by atoms with E-state index in [9.17, 15) is 4.79 Å². The van der Waals surface area contributed by atoms with Gasteiger partial charge in [0.05, 0.1) is 17.7 Å². The van der Waals surface area contributed by atoms with E-state index in [1.165, 1.54) is 11.5 Å². The van der Waals surface area contributed by atoms with E-state index >= 15 is 0 Å². The largest absolute Gasteiger partial charge is 0.497 e. The summed E-state index contributed by atoms with van der Waals surface area (Å²) in [4.78, 5) is 17.5. The molecule has 0 spiro atoms. The molecule has 0 aliphatic carbocycles. The predicted molar refractivity (Wildman–Crippen MR) is 93.4 cm³/mol. The van der Waals surface area contributed by atoms with Crippen molar-refractivity contribution in [1.82, 2.24) is 9.36 Å². The number of nitrogens with one attached hydrogen (secondary N) is 1. The zero-order valence-electron chi connectivity index (χ0n) is 13.0. The highest BCUT2D eigenvalue weighted by molar-refractivity contribution is 7.07. The van der Waals surface area contributed by atoms with E-state index in [0.29, 0.717) is 6.42 Å². The van der Waals surface area contributed by atoms with E-state index in [2.05, 4.69) is 14.7 Å². The van der Waals surface area contributed by atoms with Crippen molar-refractivity contribution in [3.63, 3.8) is 0 Å². The molecule has 3 heterocycles. The van der Waals surface area contributed by atoms with Gasteiger partial charge in [-0.25, -0.2) is 0 Å². The molecule has 0 saturated carbocycles. The van der Waals surface area contributed by atoms with Gasteiger partial charge in [0.15, 0.2) is 0 Å². The topological polar surface area (TPSA) is 64.1 Å². The molecule has 0 radical (unpaired) electrons. The first-order valence-corrected chi connectivity index (χ1v) is 8.37. The molecule has 120 valence electrons. The minimum Gasteiger partial charge on any atom is -0.497 e. The number of benzene rings is 1. The molecule has 0 fully saturated rings. The highest BCUT2D eigenvalue weighted by Gasteiger charge is 2.31. The first kappa shape index (κ1) is 14.8. The molecule has 0 bridgehead atoms. The molecule has 1 N–H and O–H groups in total. The molecule has 0 saturated heterocycles. The van der Waals surface area contributed by atoms with Gasteiger partial charge in [0, 0.05) is 30.3 Å². The van der Waals surface area contributed by atoms with Crippen molar-refractivity contribution >= 4 is 23.1 Å². The Bertz CT molecular complexity index is 875. The average molecular weight is 337 g/mol. The van der Waals surface area contributed by atoms with Crippen molar-refractivity contribution in [2.45, 2.75) is 12.3 Å². The third-order valence-corrected chi connectivity index (χ3v) is 5.10. The van der Waals surface area contributed by atoms with E-state index in [1.807, 2.05) is 42.6 Å². The number of pyridine rings is 1. The van der Waals surface area contributed by atoms with Crippen molar-refractivity contribution in [3.8, 4) is 17.0 Å². The zero-order valence-corrected chi connectivity index (χ0v) is 13.8. The summed E-state index contributed by atoms with van der Waals surface area (Å²) in [7, 11) is 1.64. The smallest absolute Gasteiger partial charge is 0.225 e. The van der Waals surface area contributed by atoms with E-state index in [-0.39, 0.29) is 11.8 Å². The average Bonchev–Trinajstić information content (AvgIpc) is 3.05. The maximum absolute atomic E-state index is 12.2. The van der Waals surface area contributed by atoms with Crippen LogP contribution in [0.1, 0.15) is 22.8 Å². The van der Waals surface area contributed by atoms with Crippen molar-refractivity contribution in [2.75, 3.05) is 12.4 Å². The van der Waals surface area contributed by atoms with Gasteiger partial charge in [0.1, 0.15) is 11.4 Å². The lowest BCUT2D eigenvalue weighted by Gasteiger charge is -2.22. The summed E-state index contributed by atoms with van der Waals surface area (Å²) in [6.45, 7) is 0. The Morgan fingerprint density at radius 2 is 2.08 bits per heavy atom. The number of anilines is 1. The summed E-state index contributed by atoms with van der Waals surface area (Å²) in [6.07, 6.45) is 3.98. The highest BCUT2D eigenvalue weighted by Crippen LogP contribution is 2.44. The first-order chi connectivity index (χ1) is 11.8. The van der Waals surface area contributed by atoms with Crippen molar-refractivity contribution in [1.29, 1.82) is 0 Å². The summed E-state index contributed by atoms with van der Waals surface area (Å²) in [5.74, 6) is 0.804. The molecule has 2 aromatic heterocycles. The summed E-state index contributed by atoms with van der Waals surface area (Å²) >= 11 is 1.44. The molecule has 1 aliphatic heterocycles. The normalized spacial score (nSPS) is 16.4. The van der Waals surface area contributed by atoms with Crippen LogP contribution in [-0.2, 0) is 4.79 Å². The molecule has 4 rings (SSSR count). The van der Waals surface area contributed by atoms with Gasteiger partial charge in [0.25, 0.3) is 0 Å². The Hall–Kier alpha value is -2.73. The van der Waals surface area contributed by atoms with Gasteiger partial charge >= 0.3 is 0 Å². The minimum atomic E-state index is 0.00585. The lowest BCUT2D eigenvalue weighted by Crippen LogP contribution is -2.22. The van der Waals surface area contributed by atoms with E-state index < -0.39 is 0 Å². The number of methoxy groups -OCH3 is 1. The van der Waals surface area contributed by atoms with Crippen LogP contribution in [0.3, 0.4) is 0 Å². The summed E-state index contributed by atoms with van der Waals surface area (Å²) in [5, 5.41) is 2.99. The van der Waals surface area contributed by atoms with Crippen LogP contribution in [0.25, 0.3) is 11.3 Å². The second-order valence-corrected chi connectivity index (χ2v) is 6.40. The lowest BCUT2D eigenvalue weighted by molar-refractivity contribution is -0.116. The maximum Gasteiger partial charge on any atom is 0.225 e. The van der Waals surface area contributed by atoms with Gasteiger partial charge < -0.3 is 10.1 Å². The molecular weight excluding hydrogens is 322 g/mol. The van der Waals surface area contributed by atoms with E-state index in [0.717, 1.165) is 33.1 Å². The predicted octanol–water partition coefficient (Wildman–Crippen LogP) is 3.69. The van der Waals surface area contributed by atoms with Crippen LogP contribution < -0.4 is 10.1 Å². The van der Waals surface area contributed by atoms with Crippen LogP contribution in [0.2, 0.25) is 0 Å². The van der Waals surface area contributed by atoms with Crippen molar-refractivity contribution < 1.29 is 9.53 Å². The lowest BCUT2D eigenvalue weighted by atomic mass is 9.90. The molecule has 6 heteroatoms. The van der Waals surface area contributed by atoms with Gasteiger partial charge in [-0.15, -0.1) is 0 Å². The number of hydrogen-bond acceptors (Lipinski definition) is 5. The molecule has 24 heavy (non-hydrogen) atoms. The van der Waals surface area contributed by atoms with Crippen molar-refractivity contribution in [2.24, 2.45) is 0 Å². The molecule has 1 aromatic carbocycles. The van der Waals surface area contributed by atoms with Gasteiger partial charge in [-0.2, -0.15) is 4.37 Å². The number of carbonyl (C=O) groups is 1. The first-order valence-electron chi connectivity index (χ1n) is 7.60. The van der Waals surface area contributed by atoms with Crippen LogP contribution >= 0.6 is 11.5 Å². The van der Waals surface area contributed by atoms with Gasteiger partial charge in [-0.1, -0.05) is 6.07 Å². The summed E-state index contributed by atoms with van der Waals surface area (Å²) < 4.78 is 9.80. The number of hydrogen-bond donors (Lipinski definition) is 1. The second kappa shape index (κ2) is 6.05. The Morgan fingerprint density at radius 3 is 2.79 bits per heavy atom. The SMILES string of the molecule is COc1ccc(-c2nsc3c2NC(=O)C[C@@H]3c2cccnc2)cc1. The fourth-order valence-electron chi connectivity index (χ4n) is 2.93. The summed E-state index contributed by atoms with van der Waals surface area (Å²) in [5.41, 5.74) is 3.62. The highest BCUT2D eigenvalue weighted by atomic mass is 32.1. The third-order valence-electron chi connectivity index (χ3n) is 4.14. The van der Waals surface area contributed by atoms with Gasteiger partial charge in [0.2, 0.25) is 5.91 Å². The van der Waals surface area contributed by atoms with Crippen LogP contribution in [0.15, 0.2) is 48.8 Å². The Labute approximate surface area is 143 Å². The second-order valence-electron chi connectivity index (χ2n) is 5.59. The monoisotopic (exact) mass is 337 g/mol. The van der Waals surface area contributed by atoms with Gasteiger partial charge in [-0.3, -0.25) is 9.78 Å². The molecule has 1 aliphatic rings. The molecule has 3 aromatic rings. The number of aromatic nitrogens is 2. The van der Waals surface area contributed by atoms with Crippen LogP contribution in [0.4, 0.5) is 5.69 Å². The van der Waals surface area contributed by atoms with Crippen LogP contribution in [0.5, 0.6) is 5.75 Å². The Balaban J connectivity index is 1.78. The fraction of sp³-hybridized carbons (Fsp3) is 0.167. The fourth-order valence-corrected chi connectivity index (χ4v) is 3.90. The van der Waals surface area contributed by atoms with Crippen molar-refractivity contribution in [3.05, 3.63) is 59.2 Å². The number of amides is 1. The van der Waals surface area contributed by atoms with E-state index in [1.54, 1.807) is 13.3 Å². The molecule has 1 atom stereocenters. The summed E-state index contributed by atoms with van der Waals surface area (Å²) in [6, 6.07) is 11.6. The Morgan fingerprint density at radius 1 is 1.25 bits per heavy atom. The number of carbonyl (C=O) groups excluding carboxylic acids is 1. The van der Waals surface area contributed by atoms with Crippen LogP contribution in [-0.4, -0.2) is 22.4 Å². The number of ether oxygens (including phenoxy) is 1. The van der Waals surface area contributed by atoms with Crippen LogP contribution in [0, 0.1) is 0 Å². The standard InChI is InChI=1S/C18H15N3O2S/c1-23-13-6-4-11(5-7-13)16-17-18(24-21-16)14(9-15(22)20-17)12-3-2-8-19-10-12/h2-8,10,14H,9H2,1H3,(H,20,22)/t14-/m1/s1. The molecule has 0 unspecified atom stereocenters.